The second-order valence-corrected chi connectivity index (χ2v) is 5.26. The second kappa shape index (κ2) is 7.55. The van der Waals surface area contributed by atoms with E-state index in [1.54, 1.807) is 0 Å². The van der Waals surface area contributed by atoms with Gasteiger partial charge in [0.05, 0.1) is 0 Å². The maximum absolute atomic E-state index is 3.69. The molecule has 1 saturated heterocycles. The fraction of sp³-hybridized carbons (Fsp3) is 1.00. The second-order valence-electron chi connectivity index (χ2n) is 4.35. The lowest BCUT2D eigenvalue weighted by atomic mass is 10.1. The van der Waals surface area contributed by atoms with Crippen molar-refractivity contribution >= 4 is 11.8 Å². The average Bonchev–Trinajstić information content (AvgIpc) is 2.43. The van der Waals surface area contributed by atoms with Crippen LogP contribution < -0.4 is 10.6 Å². The van der Waals surface area contributed by atoms with Crippen molar-refractivity contribution in [3.8, 4) is 0 Å². The zero-order valence-corrected chi connectivity index (χ0v) is 10.3. The zero-order valence-electron chi connectivity index (χ0n) is 9.51. The number of nitrogens with one attached hydrogen (secondary N) is 2. The van der Waals surface area contributed by atoms with Crippen LogP contribution in [0, 0.1) is 5.92 Å². The third-order valence-electron chi connectivity index (χ3n) is 2.78. The van der Waals surface area contributed by atoms with Crippen molar-refractivity contribution in [2.45, 2.75) is 32.2 Å². The maximum atomic E-state index is 3.69. The van der Waals surface area contributed by atoms with Crippen LogP contribution in [0.5, 0.6) is 0 Å². The van der Waals surface area contributed by atoms with Gasteiger partial charge in [0.25, 0.3) is 0 Å². The van der Waals surface area contributed by atoms with Gasteiger partial charge in [0.15, 0.2) is 0 Å². The Morgan fingerprint density at radius 3 is 3.07 bits per heavy atom. The largest absolute Gasteiger partial charge is 0.317 e. The van der Waals surface area contributed by atoms with Crippen molar-refractivity contribution in [2.75, 3.05) is 31.6 Å². The molecule has 0 saturated carbocycles. The Bertz CT molecular complexity index is 133. The molecule has 1 aliphatic heterocycles. The smallest absolute Gasteiger partial charge is 0.00797 e. The lowest BCUT2D eigenvalue weighted by molar-refractivity contribution is 0.435. The van der Waals surface area contributed by atoms with Crippen LogP contribution in [0.1, 0.15) is 26.2 Å². The minimum absolute atomic E-state index is 0.759. The molecule has 0 aromatic heterocycles. The number of hydrogen-bond acceptors (Lipinski definition) is 3. The highest BCUT2D eigenvalue weighted by molar-refractivity contribution is 7.98. The van der Waals surface area contributed by atoms with E-state index in [-0.39, 0.29) is 0 Å². The Morgan fingerprint density at radius 1 is 1.43 bits per heavy atom. The van der Waals surface area contributed by atoms with Crippen molar-refractivity contribution in [1.29, 1.82) is 0 Å². The van der Waals surface area contributed by atoms with Gasteiger partial charge in [-0.1, -0.05) is 6.92 Å². The first-order chi connectivity index (χ1) is 6.83. The van der Waals surface area contributed by atoms with Gasteiger partial charge in [-0.25, -0.2) is 0 Å². The van der Waals surface area contributed by atoms with E-state index < -0.39 is 0 Å². The highest BCUT2D eigenvalue weighted by atomic mass is 32.2. The Morgan fingerprint density at radius 2 is 2.29 bits per heavy atom. The summed E-state index contributed by atoms with van der Waals surface area (Å²) in [6, 6.07) is 0.759. The van der Waals surface area contributed by atoms with Crippen LogP contribution in [-0.4, -0.2) is 37.7 Å². The molecule has 0 bridgehead atoms. The van der Waals surface area contributed by atoms with Crippen LogP contribution in [0.4, 0.5) is 0 Å². The molecule has 1 rings (SSSR count). The van der Waals surface area contributed by atoms with E-state index in [1.165, 1.54) is 44.6 Å². The molecule has 2 nitrogen and oxygen atoms in total. The highest BCUT2D eigenvalue weighted by Crippen LogP contribution is 2.07. The quantitative estimate of drug-likeness (QED) is 0.732. The summed E-state index contributed by atoms with van der Waals surface area (Å²) in [5.41, 5.74) is 0. The fourth-order valence-electron chi connectivity index (χ4n) is 1.93. The van der Waals surface area contributed by atoms with E-state index >= 15 is 0 Å². The van der Waals surface area contributed by atoms with Crippen LogP contribution in [-0.2, 0) is 0 Å². The molecule has 0 aromatic rings. The molecular weight excluding hydrogens is 192 g/mol. The standard InChI is InChI=1S/C11H24N2S/c1-10(9-14-2)8-13-11-4-3-6-12-7-5-11/h10-13H,3-9H2,1-2H3. The van der Waals surface area contributed by atoms with Crippen LogP contribution >= 0.6 is 11.8 Å². The fourth-order valence-corrected chi connectivity index (χ4v) is 2.62. The van der Waals surface area contributed by atoms with Crippen molar-refractivity contribution in [2.24, 2.45) is 5.92 Å². The van der Waals surface area contributed by atoms with Crippen molar-refractivity contribution in [3.05, 3.63) is 0 Å². The molecule has 0 spiro atoms. The van der Waals surface area contributed by atoms with Gasteiger partial charge < -0.3 is 10.6 Å². The van der Waals surface area contributed by atoms with Crippen molar-refractivity contribution < 1.29 is 0 Å². The van der Waals surface area contributed by atoms with Gasteiger partial charge in [0, 0.05) is 6.04 Å². The van der Waals surface area contributed by atoms with Gasteiger partial charge in [0.1, 0.15) is 0 Å². The summed E-state index contributed by atoms with van der Waals surface area (Å²) in [6.45, 7) is 5.91. The van der Waals surface area contributed by atoms with E-state index in [4.69, 9.17) is 0 Å². The molecule has 1 fully saturated rings. The summed E-state index contributed by atoms with van der Waals surface area (Å²) in [5.74, 6) is 2.08. The van der Waals surface area contributed by atoms with E-state index in [0.717, 1.165) is 12.0 Å². The van der Waals surface area contributed by atoms with Gasteiger partial charge in [0.2, 0.25) is 0 Å². The first-order valence-corrected chi connectivity index (χ1v) is 7.15. The van der Waals surface area contributed by atoms with Gasteiger partial charge in [-0.15, -0.1) is 0 Å². The van der Waals surface area contributed by atoms with Crippen LogP contribution in [0.2, 0.25) is 0 Å². The van der Waals surface area contributed by atoms with E-state index in [0.29, 0.717) is 0 Å². The maximum Gasteiger partial charge on any atom is 0.00797 e. The molecule has 3 heteroatoms. The Labute approximate surface area is 92.6 Å². The molecule has 1 aliphatic rings. The number of thioether (sulfide) groups is 1. The minimum Gasteiger partial charge on any atom is -0.317 e. The Kier molecular flexibility index (Phi) is 6.65. The molecule has 0 radical (unpaired) electrons. The normalized spacial score (nSPS) is 25.7. The average molecular weight is 216 g/mol. The van der Waals surface area contributed by atoms with Crippen molar-refractivity contribution in [1.82, 2.24) is 10.6 Å². The third kappa shape index (κ3) is 5.23. The summed E-state index contributed by atoms with van der Waals surface area (Å²) in [4.78, 5) is 0. The molecule has 2 unspecified atom stereocenters. The molecule has 14 heavy (non-hydrogen) atoms. The minimum atomic E-state index is 0.759. The van der Waals surface area contributed by atoms with Crippen LogP contribution in [0.25, 0.3) is 0 Å². The molecule has 0 amide bonds. The van der Waals surface area contributed by atoms with Gasteiger partial charge in [-0.3, -0.25) is 0 Å². The Balaban J connectivity index is 2.09. The monoisotopic (exact) mass is 216 g/mol. The number of rotatable bonds is 5. The first-order valence-electron chi connectivity index (χ1n) is 5.76. The van der Waals surface area contributed by atoms with Crippen LogP contribution in [0.3, 0.4) is 0 Å². The Hall–Kier alpha value is 0.270. The van der Waals surface area contributed by atoms with Gasteiger partial charge >= 0.3 is 0 Å². The molecule has 1 heterocycles. The van der Waals surface area contributed by atoms with E-state index in [2.05, 4.69) is 23.8 Å². The van der Waals surface area contributed by atoms with E-state index in [1.807, 2.05) is 11.8 Å². The summed E-state index contributed by atoms with van der Waals surface area (Å²) >= 11 is 1.95. The number of hydrogen-bond donors (Lipinski definition) is 2. The molecule has 2 atom stereocenters. The molecule has 2 N–H and O–H groups in total. The topological polar surface area (TPSA) is 24.1 Å². The predicted octanol–water partition coefficient (Wildman–Crippen LogP) is 1.72. The SMILES string of the molecule is CSCC(C)CNC1CCCNCC1. The predicted molar refractivity (Wildman–Crippen MR) is 66.1 cm³/mol. The van der Waals surface area contributed by atoms with Crippen molar-refractivity contribution in [3.63, 3.8) is 0 Å². The zero-order chi connectivity index (χ0) is 10.2. The van der Waals surface area contributed by atoms with Crippen LogP contribution in [0.15, 0.2) is 0 Å². The summed E-state index contributed by atoms with van der Waals surface area (Å²) in [6.07, 6.45) is 6.16. The molecule has 84 valence electrons. The highest BCUT2D eigenvalue weighted by Gasteiger charge is 2.11. The van der Waals surface area contributed by atoms with Gasteiger partial charge in [-0.05, 0) is 56.8 Å². The molecular formula is C11H24N2S. The first kappa shape index (κ1) is 12.3. The molecule has 0 aromatic carbocycles. The van der Waals surface area contributed by atoms with Gasteiger partial charge in [-0.2, -0.15) is 11.8 Å². The lowest BCUT2D eigenvalue weighted by Crippen LogP contribution is -2.33. The summed E-state index contributed by atoms with van der Waals surface area (Å²) in [7, 11) is 0. The summed E-state index contributed by atoms with van der Waals surface area (Å²) in [5, 5.41) is 7.14. The lowest BCUT2D eigenvalue weighted by Gasteiger charge is -2.18. The van der Waals surface area contributed by atoms with E-state index in [9.17, 15) is 0 Å². The summed E-state index contributed by atoms with van der Waals surface area (Å²) < 4.78 is 0. The third-order valence-corrected chi connectivity index (χ3v) is 3.68. The molecule has 0 aliphatic carbocycles.